The molecule has 114 valence electrons. The highest BCUT2D eigenvalue weighted by Gasteiger charge is 2.17. The number of nitrogens with zero attached hydrogens (tertiary/aromatic N) is 4. The summed E-state index contributed by atoms with van der Waals surface area (Å²) in [5.41, 5.74) is 5.54. The lowest BCUT2D eigenvalue weighted by Crippen LogP contribution is -2.32. The van der Waals surface area contributed by atoms with Gasteiger partial charge in [0, 0.05) is 38.6 Å². The first kappa shape index (κ1) is 15.3. The number of hydrogen-bond donors (Lipinski definition) is 1. The minimum Gasteiger partial charge on any atom is -0.341 e. The molecule has 0 amide bonds. The van der Waals surface area contributed by atoms with Crippen molar-refractivity contribution in [1.29, 1.82) is 0 Å². The molecule has 20 heavy (non-hydrogen) atoms. The highest BCUT2D eigenvalue weighted by molar-refractivity contribution is 5.31. The molecule has 0 aliphatic carbocycles. The molecular weight excluding hydrogens is 250 g/mol. The minimum absolute atomic E-state index is 0.827. The molecule has 0 spiro atoms. The highest BCUT2D eigenvalue weighted by atomic mass is 15.3. The van der Waals surface area contributed by atoms with Crippen LogP contribution in [-0.4, -0.2) is 53.7 Å². The lowest BCUT2D eigenvalue weighted by molar-refractivity contribution is 0.286. The molecule has 1 saturated heterocycles. The molecule has 0 unspecified atom stereocenters. The molecular formula is C15H29N5. The maximum absolute atomic E-state index is 5.54. The van der Waals surface area contributed by atoms with E-state index in [1.165, 1.54) is 32.4 Å². The van der Waals surface area contributed by atoms with Gasteiger partial charge in [0.1, 0.15) is 0 Å². The third-order valence-corrected chi connectivity index (χ3v) is 4.08. The van der Waals surface area contributed by atoms with Crippen LogP contribution in [0.2, 0.25) is 0 Å². The normalized spacial score (nSPS) is 17.4. The van der Waals surface area contributed by atoms with Gasteiger partial charge in [-0.25, -0.2) is 4.98 Å². The van der Waals surface area contributed by atoms with Crippen molar-refractivity contribution in [1.82, 2.24) is 14.5 Å². The Hall–Kier alpha value is -1.07. The standard InChI is InChI=1S/C15H29N5/c1-2-19-12-8-17-15(19)20-11-6-10-18(13-14-20)9-5-3-4-7-16/h8,12H,2-7,9-11,13-14,16H2,1H3. The first-order valence-electron chi connectivity index (χ1n) is 8.03. The Morgan fingerprint density at radius 1 is 1.15 bits per heavy atom. The third-order valence-electron chi connectivity index (χ3n) is 4.08. The molecule has 5 heteroatoms. The van der Waals surface area contributed by atoms with E-state index >= 15 is 0 Å². The zero-order valence-corrected chi connectivity index (χ0v) is 12.8. The van der Waals surface area contributed by atoms with Crippen molar-refractivity contribution in [3.63, 3.8) is 0 Å². The molecule has 0 atom stereocenters. The molecule has 1 aliphatic heterocycles. The van der Waals surface area contributed by atoms with E-state index < -0.39 is 0 Å². The van der Waals surface area contributed by atoms with E-state index in [0.717, 1.165) is 45.1 Å². The molecule has 1 aromatic heterocycles. The Bertz CT molecular complexity index is 376. The summed E-state index contributed by atoms with van der Waals surface area (Å²) in [6, 6.07) is 0. The number of nitrogens with two attached hydrogens (primary N) is 1. The summed E-state index contributed by atoms with van der Waals surface area (Å²) in [5.74, 6) is 1.14. The number of unbranched alkanes of at least 4 members (excludes halogenated alkanes) is 2. The van der Waals surface area contributed by atoms with Crippen LogP contribution in [0.1, 0.15) is 32.6 Å². The summed E-state index contributed by atoms with van der Waals surface area (Å²) < 4.78 is 2.23. The van der Waals surface area contributed by atoms with Gasteiger partial charge >= 0.3 is 0 Å². The summed E-state index contributed by atoms with van der Waals surface area (Å²) in [4.78, 5) is 9.55. The second kappa shape index (κ2) is 8.27. The molecule has 1 fully saturated rings. The van der Waals surface area contributed by atoms with Gasteiger partial charge in [-0.15, -0.1) is 0 Å². The van der Waals surface area contributed by atoms with Gasteiger partial charge in [0.25, 0.3) is 0 Å². The number of aromatic nitrogens is 2. The summed E-state index contributed by atoms with van der Waals surface area (Å²) in [5, 5.41) is 0. The lowest BCUT2D eigenvalue weighted by Gasteiger charge is -2.23. The Morgan fingerprint density at radius 2 is 2.05 bits per heavy atom. The van der Waals surface area contributed by atoms with Crippen molar-refractivity contribution >= 4 is 5.95 Å². The molecule has 1 aromatic rings. The van der Waals surface area contributed by atoms with Crippen molar-refractivity contribution in [2.24, 2.45) is 5.73 Å². The molecule has 2 heterocycles. The third kappa shape index (κ3) is 4.21. The molecule has 0 aromatic carbocycles. The second-order valence-corrected chi connectivity index (χ2v) is 5.54. The predicted octanol–water partition coefficient (Wildman–Crippen LogP) is 1.54. The Balaban J connectivity index is 1.80. The largest absolute Gasteiger partial charge is 0.341 e. The first-order chi connectivity index (χ1) is 9.85. The monoisotopic (exact) mass is 279 g/mol. The molecule has 5 nitrogen and oxygen atoms in total. The number of hydrogen-bond acceptors (Lipinski definition) is 4. The van der Waals surface area contributed by atoms with Crippen LogP contribution in [0.3, 0.4) is 0 Å². The molecule has 2 rings (SSSR count). The van der Waals surface area contributed by atoms with Gasteiger partial charge in [-0.05, 0) is 45.8 Å². The van der Waals surface area contributed by atoms with Gasteiger partial charge in [-0.1, -0.05) is 6.42 Å². The fourth-order valence-electron chi connectivity index (χ4n) is 2.88. The molecule has 0 saturated carbocycles. The van der Waals surface area contributed by atoms with E-state index in [1.807, 2.05) is 6.20 Å². The molecule has 0 bridgehead atoms. The van der Waals surface area contributed by atoms with Gasteiger partial charge in [0.15, 0.2) is 0 Å². The number of aryl methyl sites for hydroxylation is 1. The molecule has 0 radical (unpaired) electrons. The van der Waals surface area contributed by atoms with Gasteiger partial charge < -0.3 is 20.1 Å². The lowest BCUT2D eigenvalue weighted by atomic mass is 10.2. The summed E-state index contributed by atoms with van der Waals surface area (Å²) >= 11 is 0. The van der Waals surface area contributed by atoms with Crippen LogP contribution in [0, 0.1) is 0 Å². The van der Waals surface area contributed by atoms with Crippen molar-refractivity contribution < 1.29 is 0 Å². The second-order valence-electron chi connectivity index (χ2n) is 5.54. The topological polar surface area (TPSA) is 50.3 Å². The van der Waals surface area contributed by atoms with Crippen LogP contribution in [0.4, 0.5) is 5.95 Å². The van der Waals surface area contributed by atoms with E-state index in [4.69, 9.17) is 5.73 Å². The van der Waals surface area contributed by atoms with Crippen LogP contribution in [0.15, 0.2) is 12.4 Å². The van der Waals surface area contributed by atoms with Gasteiger partial charge in [-0.2, -0.15) is 0 Å². The Labute approximate surface area is 122 Å². The van der Waals surface area contributed by atoms with E-state index in [1.54, 1.807) is 0 Å². The average Bonchev–Trinajstić information content (AvgIpc) is 2.82. The fourth-order valence-corrected chi connectivity index (χ4v) is 2.88. The van der Waals surface area contributed by atoms with Crippen molar-refractivity contribution in [2.75, 3.05) is 44.2 Å². The molecule has 1 aliphatic rings. The number of rotatable bonds is 7. The van der Waals surface area contributed by atoms with Crippen LogP contribution < -0.4 is 10.6 Å². The van der Waals surface area contributed by atoms with E-state index in [9.17, 15) is 0 Å². The van der Waals surface area contributed by atoms with E-state index in [0.29, 0.717) is 0 Å². The van der Waals surface area contributed by atoms with Crippen LogP contribution in [0.5, 0.6) is 0 Å². The summed E-state index contributed by atoms with van der Waals surface area (Å²) in [6.07, 6.45) is 8.91. The SMILES string of the molecule is CCn1ccnc1N1CCCN(CCCCCN)CC1. The fraction of sp³-hybridized carbons (Fsp3) is 0.800. The zero-order chi connectivity index (χ0) is 14.2. The minimum atomic E-state index is 0.827. The average molecular weight is 279 g/mol. The van der Waals surface area contributed by atoms with Gasteiger partial charge in [0.05, 0.1) is 0 Å². The molecule has 2 N–H and O–H groups in total. The van der Waals surface area contributed by atoms with Gasteiger partial charge in [0.2, 0.25) is 5.95 Å². The predicted molar refractivity (Wildman–Crippen MR) is 84.1 cm³/mol. The summed E-state index contributed by atoms with van der Waals surface area (Å²) in [7, 11) is 0. The van der Waals surface area contributed by atoms with Crippen molar-refractivity contribution in [3.8, 4) is 0 Å². The van der Waals surface area contributed by atoms with Crippen LogP contribution in [-0.2, 0) is 6.54 Å². The maximum Gasteiger partial charge on any atom is 0.205 e. The smallest absolute Gasteiger partial charge is 0.205 e. The highest BCUT2D eigenvalue weighted by Crippen LogP contribution is 2.14. The van der Waals surface area contributed by atoms with E-state index in [2.05, 4.69) is 32.5 Å². The van der Waals surface area contributed by atoms with Gasteiger partial charge in [-0.3, -0.25) is 0 Å². The van der Waals surface area contributed by atoms with Crippen LogP contribution >= 0.6 is 0 Å². The number of imidazole rings is 1. The van der Waals surface area contributed by atoms with E-state index in [-0.39, 0.29) is 0 Å². The summed E-state index contributed by atoms with van der Waals surface area (Å²) in [6.45, 7) is 9.79. The van der Waals surface area contributed by atoms with Crippen LogP contribution in [0.25, 0.3) is 0 Å². The first-order valence-corrected chi connectivity index (χ1v) is 8.03. The number of anilines is 1. The van der Waals surface area contributed by atoms with Crippen molar-refractivity contribution in [3.05, 3.63) is 12.4 Å². The quantitative estimate of drug-likeness (QED) is 0.769. The Morgan fingerprint density at radius 3 is 2.85 bits per heavy atom. The Kier molecular flexibility index (Phi) is 6.33. The zero-order valence-electron chi connectivity index (χ0n) is 12.8. The van der Waals surface area contributed by atoms with Crippen molar-refractivity contribution in [2.45, 2.75) is 39.2 Å². The maximum atomic E-state index is 5.54.